The average molecular weight is 371 g/mol. The molecule has 0 fully saturated rings. The molecule has 1 aromatic carbocycles. The van der Waals surface area contributed by atoms with Gasteiger partial charge in [0.2, 0.25) is 5.71 Å². The Bertz CT molecular complexity index is 906. The summed E-state index contributed by atoms with van der Waals surface area (Å²) in [5.41, 5.74) is 2.00. The Morgan fingerprint density at radius 2 is 2.04 bits per heavy atom. The summed E-state index contributed by atoms with van der Waals surface area (Å²) in [5.74, 6) is 0.638. The predicted octanol–water partition coefficient (Wildman–Crippen LogP) is 4.08. The normalized spacial score (nSPS) is 10.9. The molecule has 0 bridgehead atoms. The van der Waals surface area contributed by atoms with Crippen molar-refractivity contribution in [3.05, 3.63) is 47.5 Å². The number of carbonyl (C=O) groups excluding carboxylic acids is 1. The Kier molecular flexibility index (Phi) is 5.78. The first-order chi connectivity index (χ1) is 12.6. The number of fused-ring (bicyclic) bond motifs is 1. The van der Waals surface area contributed by atoms with Gasteiger partial charge in [-0.05, 0) is 44.2 Å². The molecule has 3 rings (SSSR count). The van der Waals surface area contributed by atoms with Gasteiger partial charge in [0, 0.05) is 11.4 Å². The van der Waals surface area contributed by atoms with Gasteiger partial charge in [-0.1, -0.05) is 12.1 Å². The molecule has 0 aliphatic heterocycles. The van der Waals surface area contributed by atoms with Crippen LogP contribution in [0.3, 0.4) is 0 Å². The van der Waals surface area contributed by atoms with Crippen LogP contribution in [0.1, 0.15) is 28.6 Å². The number of carbonyl (C=O) groups is 1. The van der Waals surface area contributed by atoms with Gasteiger partial charge in [0.15, 0.2) is 0 Å². The SMILES string of the molecule is CCOC(=O)c1c(C)oc2ncnc(NCCc3ccc(SC)cc3)c12. The Labute approximate surface area is 156 Å². The zero-order valence-electron chi connectivity index (χ0n) is 15.0. The molecular formula is C19H21N3O3S. The van der Waals surface area contributed by atoms with Crippen molar-refractivity contribution < 1.29 is 13.9 Å². The molecule has 7 heteroatoms. The van der Waals surface area contributed by atoms with Crippen molar-refractivity contribution >= 4 is 34.6 Å². The summed E-state index contributed by atoms with van der Waals surface area (Å²) in [6.45, 7) is 4.48. The highest BCUT2D eigenvalue weighted by Crippen LogP contribution is 2.29. The minimum atomic E-state index is -0.422. The van der Waals surface area contributed by atoms with Crippen LogP contribution in [0.15, 0.2) is 39.9 Å². The molecule has 0 amide bonds. The van der Waals surface area contributed by atoms with Crippen molar-refractivity contribution in [2.45, 2.75) is 25.2 Å². The van der Waals surface area contributed by atoms with Crippen LogP contribution >= 0.6 is 11.8 Å². The zero-order chi connectivity index (χ0) is 18.5. The van der Waals surface area contributed by atoms with E-state index in [1.54, 1.807) is 25.6 Å². The Morgan fingerprint density at radius 1 is 1.27 bits per heavy atom. The molecule has 0 atom stereocenters. The third-order valence-electron chi connectivity index (χ3n) is 4.01. The molecule has 0 aliphatic carbocycles. The average Bonchev–Trinajstić information content (AvgIpc) is 2.99. The second-order valence-electron chi connectivity index (χ2n) is 5.68. The maximum atomic E-state index is 12.3. The van der Waals surface area contributed by atoms with Crippen molar-refractivity contribution in [1.29, 1.82) is 0 Å². The Hall–Kier alpha value is -2.54. The Balaban J connectivity index is 1.79. The first-order valence-electron chi connectivity index (χ1n) is 8.42. The van der Waals surface area contributed by atoms with Gasteiger partial charge >= 0.3 is 5.97 Å². The third kappa shape index (κ3) is 3.83. The lowest BCUT2D eigenvalue weighted by molar-refractivity contribution is 0.0526. The fourth-order valence-electron chi connectivity index (χ4n) is 2.74. The standard InChI is InChI=1S/C19H21N3O3S/c1-4-24-19(23)15-12(2)25-18-16(15)17(21-11-22-18)20-10-9-13-5-7-14(26-3)8-6-13/h5-8,11H,4,9-10H2,1-3H3,(H,20,21,22). The van der Waals surface area contributed by atoms with Gasteiger partial charge in [0.05, 0.1) is 12.0 Å². The molecule has 0 spiro atoms. The molecule has 0 aliphatic rings. The minimum absolute atomic E-state index is 0.299. The number of ether oxygens (including phenoxy) is 1. The van der Waals surface area contributed by atoms with Crippen LogP contribution in [0, 0.1) is 6.92 Å². The Morgan fingerprint density at radius 3 is 2.73 bits per heavy atom. The number of nitrogens with zero attached hydrogens (tertiary/aromatic N) is 2. The van der Waals surface area contributed by atoms with Gasteiger partial charge in [0.1, 0.15) is 23.5 Å². The van der Waals surface area contributed by atoms with Crippen LogP contribution in [0.25, 0.3) is 11.1 Å². The van der Waals surface area contributed by atoms with Gasteiger partial charge in [-0.25, -0.2) is 14.8 Å². The molecule has 136 valence electrons. The molecule has 0 unspecified atom stereocenters. The van der Waals surface area contributed by atoms with Crippen molar-refractivity contribution in [3.8, 4) is 0 Å². The number of benzene rings is 1. The van der Waals surface area contributed by atoms with Crippen LogP contribution < -0.4 is 5.32 Å². The van der Waals surface area contributed by atoms with Crippen LogP contribution in [0.5, 0.6) is 0 Å². The van der Waals surface area contributed by atoms with Gasteiger partial charge in [0.25, 0.3) is 0 Å². The molecule has 0 radical (unpaired) electrons. The highest BCUT2D eigenvalue weighted by atomic mass is 32.2. The maximum absolute atomic E-state index is 12.3. The van der Waals surface area contributed by atoms with Crippen molar-refractivity contribution in [2.75, 3.05) is 24.7 Å². The van der Waals surface area contributed by atoms with E-state index in [1.807, 2.05) is 0 Å². The molecule has 0 saturated carbocycles. The van der Waals surface area contributed by atoms with E-state index in [0.717, 1.165) is 6.42 Å². The van der Waals surface area contributed by atoms with Crippen molar-refractivity contribution in [1.82, 2.24) is 9.97 Å². The number of aryl methyl sites for hydroxylation is 1. The smallest absolute Gasteiger partial charge is 0.342 e. The van der Waals surface area contributed by atoms with Gasteiger partial charge in [-0.3, -0.25) is 0 Å². The lowest BCUT2D eigenvalue weighted by atomic mass is 10.1. The van der Waals surface area contributed by atoms with Crippen LogP contribution in [0.4, 0.5) is 5.82 Å². The number of esters is 1. The van der Waals surface area contributed by atoms with E-state index in [-0.39, 0.29) is 0 Å². The van der Waals surface area contributed by atoms with E-state index in [2.05, 4.69) is 45.8 Å². The number of rotatable bonds is 7. The van der Waals surface area contributed by atoms with E-state index in [9.17, 15) is 4.79 Å². The number of thioether (sulfide) groups is 1. The number of nitrogens with one attached hydrogen (secondary N) is 1. The lowest BCUT2D eigenvalue weighted by Crippen LogP contribution is -2.10. The molecule has 3 aromatic rings. The summed E-state index contributed by atoms with van der Waals surface area (Å²) in [5, 5.41) is 3.86. The minimum Gasteiger partial charge on any atom is -0.462 e. The number of furan rings is 1. The van der Waals surface area contributed by atoms with E-state index in [0.29, 0.717) is 41.4 Å². The van der Waals surface area contributed by atoms with E-state index in [1.165, 1.54) is 16.8 Å². The summed E-state index contributed by atoms with van der Waals surface area (Å²) in [4.78, 5) is 21.9. The zero-order valence-corrected chi connectivity index (χ0v) is 15.9. The second kappa shape index (κ2) is 8.23. The molecule has 6 nitrogen and oxygen atoms in total. The summed E-state index contributed by atoms with van der Waals surface area (Å²) in [6, 6.07) is 8.46. The van der Waals surface area contributed by atoms with Crippen LogP contribution in [-0.2, 0) is 11.2 Å². The monoisotopic (exact) mass is 371 g/mol. The van der Waals surface area contributed by atoms with Gasteiger partial charge in [-0.2, -0.15) is 0 Å². The van der Waals surface area contributed by atoms with Crippen LogP contribution in [0.2, 0.25) is 0 Å². The molecule has 2 heterocycles. The summed E-state index contributed by atoms with van der Waals surface area (Å²) in [6.07, 6.45) is 4.33. The van der Waals surface area contributed by atoms with Gasteiger partial charge < -0.3 is 14.5 Å². The molecule has 0 saturated heterocycles. The summed E-state index contributed by atoms with van der Waals surface area (Å²) >= 11 is 1.72. The molecule has 26 heavy (non-hydrogen) atoms. The van der Waals surface area contributed by atoms with Crippen molar-refractivity contribution in [3.63, 3.8) is 0 Å². The first-order valence-corrected chi connectivity index (χ1v) is 9.64. The highest BCUT2D eigenvalue weighted by Gasteiger charge is 2.23. The topological polar surface area (TPSA) is 77.2 Å². The third-order valence-corrected chi connectivity index (χ3v) is 4.75. The van der Waals surface area contributed by atoms with E-state index >= 15 is 0 Å². The lowest BCUT2D eigenvalue weighted by Gasteiger charge is -2.08. The number of aromatic nitrogens is 2. The van der Waals surface area contributed by atoms with Crippen LogP contribution in [-0.4, -0.2) is 35.3 Å². The first kappa shape index (κ1) is 18.3. The number of hydrogen-bond donors (Lipinski definition) is 1. The summed E-state index contributed by atoms with van der Waals surface area (Å²) < 4.78 is 10.7. The maximum Gasteiger partial charge on any atom is 0.342 e. The van der Waals surface area contributed by atoms with Crippen molar-refractivity contribution in [2.24, 2.45) is 0 Å². The summed E-state index contributed by atoms with van der Waals surface area (Å²) in [7, 11) is 0. The number of anilines is 1. The molecule has 2 aromatic heterocycles. The van der Waals surface area contributed by atoms with Gasteiger partial charge in [-0.15, -0.1) is 11.8 Å². The van der Waals surface area contributed by atoms with E-state index < -0.39 is 5.97 Å². The molecule has 1 N–H and O–H groups in total. The molecular weight excluding hydrogens is 350 g/mol. The second-order valence-corrected chi connectivity index (χ2v) is 6.56. The fourth-order valence-corrected chi connectivity index (χ4v) is 3.15. The van der Waals surface area contributed by atoms with E-state index in [4.69, 9.17) is 9.15 Å². The largest absolute Gasteiger partial charge is 0.462 e. The highest BCUT2D eigenvalue weighted by molar-refractivity contribution is 7.98. The predicted molar refractivity (Wildman–Crippen MR) is 103 cm³/mol. The quantitative estimate of drug-likeness (QED) is 0.495. The number of hydrogen-bond acceptors (Lipinski definition) is 7. The fraction of sp³-hybridized carbons (Fsp3) is 0.316.